The second kappa shape index (κ2) is 3.53. The number of likely N-dealkylation sites (N-methyl/N-ethyl adjacent to an activating group) is 1. The smallest absolute Gasteiger partial charge is 0.0357 e. The van der Waals surface area contributed by atoms with Gasteiger partial charge in [-0.3, -0.25) is 0 Å². The molecule has 0 spiro atoms. The van der Waals surface area contributed by atoms with Crippen LogP contribution in [-0.4, -0.2) is 25.8 Å². The topological polar surface area (TPSA) is 47.9 Å². The van der Waals surface area contributed by atoms with E-state index in [1.54, 1.807) is 0 Å². The first-order valence-corrected chi connectivity index (χ1v) is 3.91. The molecule has 62 valence electrons. The standard InChI is InChI=1S/C8H15N3/c1-6(9)7-3-4-11-5-8(7)10-2/h9-11H,3-5H2,1-2H3. The van der Waals surface area contributed by atoms with Gasteiger partial charge in [0.25, 0.3) is 0 Å². The van der Waals surface area contributed by atoms with E-state index in [9.17, 15) is 0 Å². The van der Waals surface area contributed by atoms with Crippen LogP contribution in [0.2, 0.25) is 0 Å². The van der Waals surface area contributed by atoms with Crippen LogP contribution in [0.1, 0.15) is 13.3 Å². The minimum Gasteiger partial charge on any atom is -0.390 e. The Morgan fingerprint density at radius 1 is 1.64 bits per heavy atom. The second-order valence-corrected chi connectivity index (χ2v) is 2.76. The van der Waals surface area contributed by atoms with E-state index in [1.165, 1.54) is 11.3 Å². The maximum Gasteiger partial charge on any atom is 0.0357 e. The highest BCUT2D eigenvalue weighted by molar-refractivity contribution is 5.96. The molecule has 0 atom stereocenters. The zero-order chi connectivity index (χ0) is 8.27. The third-order valence-corrected chi connectivity index (χ3v) is 1.97. The van der Waals surface area contributed by atoms with E-state index in [-0.39, 0.29) is 0 Å². The molecular formula is C8H15N3. The molecule has 3 N–H and O–H groups in total. The van der Waals surface area contributed by atoms with E-state index < -0.39 is 0 Å². The number of nitrogens with one attached hydrogen (secondary N) is 3. The fraction of sp³-hybridized carbons (Fsp3) is 0.625. The summed E-state index contributed by atoms with van der Waals surface area (Å²) in [4.78, 5) is 0. The lowest BCUT2D eigenvalue weighted by Crippen LogP contribution is -2.32. The molecule has 1 rings (SSSR count). The van der Waals surface area contributed by atoms with Gasteiger partial charge < -0.3 is 16.0 Å². The fourth-order valence-electron chi connectivity index (χ4n) is 1.34. The molecule has 0 aromatic rings. The van der Waals surface area contributed by atoms with Crippen LogP contribution in [0.25, 0.3) is 0 Å². The molecule has 0 fully saturated rings. The molecule has 0 saturated carbocycles. The first-order chi connectivity index (χ1) is 5.25. The average Bonchev–Trinajstić information content (AvgIpc) is 2.04. The van der Waals surface area contributed by atoms with Gasteiger partial charge in [0.05, 0.1) is 0 Å². The lowest BCUT2D eigenvalue weighted by Gasteiger charge is -2.20. The molecular weight excluding hydrogens is 138 g/mol. The van der Waals surface area contributed by atoms with Gasteiger partial charge in [-0.2, -0.15) is 0 Å². The molecule has 3 heteroatoms. The summed E-state index contributed by atoms with van der Waals surface area (Å²) in [5.41, 5.74) is 3.03. The summed E-state index contributed by atoms with van der Waals surface area (Å²) in [7, 11) is 1.91. The van der Waals surface area contributed by atoms with E-state index in [4.69, 9.17) is 5.41 Å². The van der Waals surface area contributed by atoms with Gasteiger partial charge in [0.2, 0.25) is 0 Å². The molecule has 1 aliphatic rings. The molecule has 0 saturated heterocycles. The van der Waals surface area contributed by atoms with Crippen molar-refractivity contribution in [1.82, 2.24) is 10.6 Å². The first-order valence-electron chi connectivity index (χ1n) is 3.91. The Labute approximate surface area is 67.4 Å². The summed E-state index contributed by atoms with van der Waals surface area (Å²) < 4.78 is 0. The summed E-state index contributed by atoms with van der Waals surface area (Å²) >= 11 is 0. The summed E-state index contributed by atoms with van der Waals surface area (Å²) in [6.07, 6.45) is 0.978. The Balaban J connectivity index is 2.81. The van der Waals surface area contributed by atoms with Gasteiger partial charge in [0.1, 0.15) is 0 Å². The Morgan fingerprint density at radius 3 is 2.82 bits per heavy atom. The third kappa shape index (κ3) is 1.80. The predicted molar refractivity (Wildman–Crippen MR) is 47.0 cm³/mol. The van der Waals surface area contributed by atoms with Crippen molar-refractivity contribution in [2.75, 3.05) is 20.1 Å². The monoisotopic (exact) mass is 153 g/mol. The van der Waals surface area contributed by atoms with Crippen LogP contribution in [0.15, 0.2) is 11.3 Å². The molecule has 0 aromatic heterocycles. The maximum atomic E-state index is 7.50. The lowest BCUT2D eigenvalue weighted by molar-refractivity contribution is 0.658. The second-order valence-electron chi connectivity index (χ2n) is 2.76. The van der Waals surface area contributed by atoms with Gasteiger partial charge >= 0.3 is 0 Å². The van der Waals surface area contributed by atoms with E-state index >= 15 is 0 Å². The van der Waals surface area contributed by atoms with Crippen molar-refractivity contribution in [3.63, 3.8) is 0 Å². The van der Waals surface area contributed by atoms with Crippen molar-refractivity contribution in [3.8, 4) is 0 Å². The van der Waals surface area contributed by atoms with E-state index in [0.717, 1.165) is 19.5 Å². The van der Waals surface area contributed by atoms with Crippen LogP contribution in [-0.2, 0) is 0 Å². The predicted octanol–water partition coefficient (Wildman–Crippen LogP) is 0.493. The van der Waals surface area contributed by atoms with Gasteiger partial charge in [-0.05, 0) is 25.5 Å². The maximum absolute atomic E-state index is 7.50. The van der Waals surface area contributed by atoms with Crippen molar-refractivity contribution in [2.24, 2.45) is 0 Å². The van der Waals surface area contributed by atoms with Gasteiger partial charge in [-0.25, -0.2) is 0 Å². The van der Waals surface area contributed by atoms with Gasteiger partial charge in [-0.1, -0.05) is 0 Å². The molecule has 1 aliphatic heterocycles. The lowest BCUT2D eigenvalue weighted by atomic mass is 10.0. The first kappa shape index (κ1) is 8.27. The van der Waals surface area contributed by atoms with E-state index in [1.807, 2.05) is 14.0 Å². The normalized spacial score (nSPS) is 18.4. The molecule has 1 heterocycles. The fourth-order valence-corrected chi connectivity index (χ4v) is 1.34. The molecule has 0 amide bonds. The minimum atomic E-state index is 0.691. The largest absolute Gasteiger partial charge is 0.390 e. The summed E-state index contributed by atoms with van der Waals surface area (Å²) in [5.74, 6) is 0. The highest BCUT2D eigenvalue weighted by Gasteiger charge is 2.11. The van der Waals surface area contributed by atoms with Crippen LogP contribution < -0.4 is 10.6 Å². The highest BCUT2D eigenvalue weighted by Crippen LogP contribution is 2.10. The summed E-state index contributed by atoms with van der Waals surface area (Å²) in [5, 5.41) is 13.9. The quantitative estimate of drug-likeness (QED) is 0.506. The molecule has 0 aliphatic carbocycles. The summed E-state index contributed by atoms with van der Waals surface area (Å²) in [6.45, 7) is 3.72. The Bertz CT molecular complexity index is 194. The minimum absolute atomic E-state index is 0.691. The van der Waals surface area contributed by atoms with Crippen LogP contribution >= 0.6 is 0 Å². The van der Waals surface area contributed by atoms with Crippen LogP contribution in [0.3, 0.4) is 0 Å². The molecule has 3 nitrogen and oxygen atoms in total. The SMILES string of the molecule is CNC1=C(C(C)=N)CCNC1. The highest BCUT2D eigenvalue weighted by atomic mass is 15.0. The molecule has 0 bridgehead atoms. The Hall–Kier alpha value is -0.830. The van der Waals surface area contributed by atoms with Crippen molar-refractivity contribution in [3.05, 3.63) is 11.3 Å². The Kier molecular flexibility index (Phi) is 2.65. The van der Waals surface area contributed by atoms with Gasteiger partial charge in [0.15, 0.2) is 0 Å². The number of rotatable bonds is 2. The van der Waals surface area contributed by atoms with E-state index in [2.05, 4.69) is 10.6 Å². The molecule has 0 aromatic carbocycles. The molecule has 0 unspecified atom stereocenters. The van der Waals surface area contributed by atoms with Crippen molar-refractivity contribution >= 4 is 5.71 Å². The Morgan fingerprint density at radius 2 is 2.36 bits per heavy atom. The van der Waals surface area contributed by atoms with Crippen LogP contribution in [0.5, 0.6) is 0 Å². The van der Waals surface area contributed by atoms with Crippen LogP contribution in [0, 0.1) is 5.41 Å². The van der Waals surface area contributed by atoms with Gasteiger partial charge in [0, 0.05) is 25.0 Å². The number of hydrogen-bond acceptors (Lipinski definition) is 3. The molecule has 11 heavy (non-hydrogen) atoms. The van der Waals surface area contributed by atoms with Gasteiger partial charge in [-0.15, -0.1) is 0 Å². The van der Waals surface area contributed by atoms with Crippen LogP contribution in [0.4, 0.5) is 0 Å². The van der Waals surface area contributed by atoms with E-state index in [0.29, 0.717) is 5.71 Å². The van der Waals surface area contributed by atoms with Crippen molar-refractivity contribution < 1.29 is 0 Å². The van der Waals surface area contributed by atoms with Crippen molar-refractivity contribution in [2.45, 2.75) is 13.3 Å². The average molecular weight is 153 g/mol. The zero-order valence-electron chi connectivity index (χ0n) is 7.12. The molecule has 0 radical (unpaired) electrons. The van der Waals surface area contributed by atoms with Crippen molar-refractivity contribution in [1.29, 1.82) is 5.41 Å². The number of hydrogen-bond donors (Lipinski definition) is 3. The zero-order valence-corrected chi connectivity index (χ0v) is 7.12. The summed E-state index contributed by atoms with van der Waals surface area (Å²) in [6, 6.07) is 0. The third-order valence-electron chi connectivity index (χ3n) is 1.97.